The molecule has 1 N–H and O–H groups in total. The Kier molecular flexibility index (Phi) is 4.06. The van der Waals surface area contributed by atoms with E-state index < -0.39 is 0 Å². The predicted octanol–water partition coefficient (Wildman–Crippen LogP) is 1.47. The van der Waals surface area contributed by atoms with E-state index in [0.29, 0.717) is 24.7 Å². The topological polar surface area (TPSA) is 83.9 Å². The summed E-state index contributed by atoms with van der Waals surface area (Å²) in [7, 11) is 0. The highest BCUT2D eigenvalue weighted by molar-refractivity contribution is 5.93. The summed E-state index contributed by atoms with van der Waals surface area (Å²) in [5, 5.41) is 11.1. The predicted molar refractivity (Wildman–Crippen MR) is 88.6 cm³/mol. The summed E-state index contributed by atoms with van der Waals surface area (Å²) < 4.78 is 0. The van der Waals surface area contributed by atoms with Gasteiger partial charge in [-0.2, -0.15) is 10.2 Å². The van der Waals surface area contributed by atoms with Gasteiger partial charge in [0.1, 0.15) is 12.1 Å². The average Bonchev–Trinajstić information content (AvgIpc) is 2.81. The number of carbonyl (C=O) groups excluding carboxylic acids is 1. The first kappa shape index (κ1) is 15.0. The number of nitrogens with one attached hydrogen (secondary N) is 1. The first-order valence-electron chi connectivity index (χ1n) is 8.46. The Morgan fingerprint density at radius 1 is 1.17 bits per heavy atom. The van der Waals surface area contributed by atoms with E-state index in [4.69, 9.17) is 0 Å². The first-order valence-corrected chi connectivity index (χ1v) is 8.46. The van der Waals surface area contributed by atoms with Gasteiger partial charge in [0.2, 0.25) is 0 Å². The zero-order chi connectivity index (χ0) is 16.4. The van der Waals surface area contributed by atoms with Crippen molar-refractivity contribution in [2.24, 2.45) is 0 Å². The summed E-state index contributed by atoms with van der Waals surface area (Å²) in [6.45, 7) is 1.33. The van der Waals surface area contributed by atoms with E-state index in [0.717, 1.165) is 29.9 Å². The van der Waals surface area contributed by atoms with Crippen LogP contribution in [0.1, 0.15) is 40.9 Å². The SMILES string of the molecule is O=C(c1ccnnc1)N1CCc2ncnc(NC3CCC3)c2CC1. The van der Waals surface area contributed by atoms with Crippen molar-refractivity contribution < 1.29 is 4.79 Å². The molecule has 2 aliphatic rings. The highest BCUT2D eigenvalue weighted by Gasteiger charge is 2.24. The molecule has 1 aliphatic carbocycles. The van der Waals surface area contributed by atoms with Crippen LogP contribution in [0.2, 0.25) is 0 Å². The smallest absolute Gasteiger partial charge is 0.255 e. The van der Waals surface area contributed by atoms with Gasteiger partial charge in [-0.15, -0.1) is 0 Å². The third-order valence-corrected chi connectivity index (χ3v) is 4.85. The third-order valence-electron chi connectivity index (χ3n) is 4.85. The minimum atomic E-state index is -0.000771. The molecule has 4 rings (SSSR count). The van der Waals surface area contributed by atoms with Crippen LogP contribution in [-0.2, 0) is 12.8 Å². The van der Waals surface area contributed by atoms with Crippen molar-refractivity contribution in [3.05, 3.63) is 41.6 Å². The van der Waals surface area contributed by atoms with Crippen molar-refractivity contribution in [1.29, 1.82) is 0 Å². The van der Waals surface area contributed by atoms with Crippen molar-refractivity contribution in [3.8, 4) is 0 Å². The Bertz CT molecular complexity index is 731. The Morgan fingerprint density at radius 3 is 2.79 bits per heavy atom. The molecule has 24 heavy (non-hydrogen) atoms. The molecule has 3 heterocycles. The molecular formula is C17H20N6O. The van der Waals surface area contributed by atoms with Crippen LogP contribution in [-0.4, -0.2) is 50.1 Å². The zero-order valence-corrected chi connectivity index (χ0v) is 13.5. The van der Waals surface area contributed by atoms with E-state index in [2.05, 4.69) is 25.5 Å². The Hall–Kier alpha value is -2.57. The summed E-state index contributed by atoms with van der Waals surface area (Å²) in [4.78, 5) is 23.4. The number of hydrogen-bond acceptors (Lipinski definition) is 6. The fourth-order valence-electron chi connectivity index (χ4n) is 3.20. The monoisotopic (exact) mass is 324 g/mol. The van der Waals surface area contributed by atoms with E-state index in [1.165, 1.54) is 25.5 Å². The minimum Gasteiger partial charge on any atom is -0.367 e. The molecule has 0 saturated heterocycles. The van der Waals surface area contributed by atoms with Gasteiger partial charge in [-0.25, -0.2) is 9.97 Å². The second-order valence-corrected chi connectivity index (χ2v) is 6.34. The molecule has 0 aromatic carbocycles. The molecule has 0 spiro atoms. The Balaban J connectivity index is 1.51. The lowest BCUT2D eigenvalue weighted by molar-refractivity contribution is 0.0762. The summed E-state index contributed by atoms with van der Waals surface area (Å²) >= 11 is 0. The summed E-state index contributed by atoms with van der Waals surface area (Å²) in [6.07, 6.45) is 9.92. The fraction of sp³-hybridized carbons (Fsp3) is 0.471. The van der Waals surface area contributed by atoms with E-state index >= 15 is 0 Å². The maximum atomic E-state index is 12.6. The molecule has 0 bridgehead atoms. The van der Waals surface area contributed by atoms with Gasteiger partial charge in [0.15, 0.2) is 0 Å². The molecule has 1 amide bonds. The lowest BCUT2D eigenvalue weighted by atomic mass is 9.93. The molecule has 1 saturated carbocycles. The number of amides is 1. The molecule has 124 valence electrons. The highest BCUT2D eigenvalue weighted by Crippen LogP contribution is 2.26. The number of anilines is 1. The van der Waals surface area contributed by atoms with Gasteiger partial charge in [0.05, 0.1) is 23.7 Å². The van der Waals surface area contributed by atoms with E-state index in [1.807, 2.05) is 4.90 Å². The third kappa shape index (κ3) is 2.93. The maximum Gasteiger partial charge on any atom is 0.255 e. The molecule has 0 atom stereocenters. The Labute approximate surface area is 140 Å². The summed E-state index contributed by atoms with van der Waals surface area (Å²) in [5.74, 6) is 0.948. The van der Waals surface area contributed by atoms with Crippen molar-refractivity contribution in [2.45, 2.75) is 38.1 Å². The second kappa shape index (κ2) is 6.51. The van der Waals surface area contributed by atoms with Gasteiger partial charge in [0.25, 0.3) is 5.91 Å². The van der Waals surface area contributed by atoms with Gasteiger partial charge in [0, 0.05) is 31.1 Å². The van der Waals surface area contributed by atoms with Gasteiger partial charge >= 0.3 is 0 Å². The molecule has 2 aromatic rings. The molecule has 2 aromatic heterocycles. The quantitative estimate of drug-likeness (QED) is 0.920. The molecule has 0 unspecified atom stereocenters. The molecule has 1 fully saturated rings. The van der Waals surface area contributed by atoms with E-state index in [-0.39, 0.29) is 5.91 Å². The van der Waals surface area contributed by atoms with E-state index in [1.54, 1.807) is 18.6 Å². The standard InChI is InChI=1S/C17H20N6O/c24-17(12-4-7-20-21-10-12)23-8-5-14-15(6-9-23)18-11-19-16(14)22-13-2-1-3-13/h4,7,10-11,13H,1-3,5-6,8-9H2,(H,18,19,22). The van der Waals surface area contributed by atoms with Crippen molar-refractivity contribution >= 4 is 11.7 Å². The van der Waals surface area contributed by atoms with Crippen molar-refractivity contribution in [2.75, 3.05) is 18.4 Å². The Morgan fingerprint density at radius 2 is 2.04 bits per heavy atom. The van der Waals surface area contributed by atoms with Crippen molar-refractivity contribution in [1.82, 2.24) is 25.1 Å². The number of carbonyl (C=O) groups is 1. The normalized spacial score (nSPS) is 17.6. The summed E-state index contributed by atoms with van der Waals surface area (Å²) in [6, 6.07) is 2.24. The number of fused-ring (bicyclic) bond motifs is 1. The van der Waals surface area contributed by atoms with Crippen LogP contribution >= 0.6 is 0 Å². The van der Waals surface area contributed by atoms with Crippen LogP contribution in [0.5, 0.6) is 0 Å². The van der Waals surface area contributed by atoms with Crippen LogP contribution in [0.4, 0.5) is 5.82 Å². The van der Waals surface area contributed by atoms with Crippen LogP contribution in [0.25, 0.3) is 0 Å². The lowest BCUT2D eigenvalue weighted by Crippen LogP contribution is -2.33. The van der Waals surface area contributed by atoms with E-state index in [9.17, 15) is 4.79 Å². The largest absolute Gasteiger partial charge is 0.367 e. The first-order chi connectivity index (χ1) is 11.8. The van der Waals surface area contributed by atoms with Gasteiger partial charge in [-0.3, -0.25) is 4.79 Å². The van der Waals surface area contributed by atoms with Crippen LogP contribution in [0.3, 0.4) is 0 Å². The van der Waals surface area contributed by atoms with Crippen LogP contribution in [0, 0.1) is 0 Å². The molecule has 7 nitrogen and oxygen atoms in total. The van der Waals surface area contributed by atoms with Gasteiger partial charge in [-0.05, 0) is 31.7 Å². The molecular weight excluding hydrogens is 304 g/mol. The van der Waals surface area contributed by atoms with Gasteiger partial charge in [-0.1, -0.05) is 0 Å². The number of nitrogens with zero attached hydrogens (tertiary/aromatic N) is 5. The van der Waals surface area contributed by atoms with Crippen LogP contribution < -0.4 is 5.32 Å². The van der Waals surface area contributed by atoms with Crippen molar-refractivity contribution in [3.63, 3.8) is 0 Å². The number of rotatable bonds is 3. The highest BCUT2D eigenvalue weighted by atomic mass is 16.2. The fourth-order valence-corrected chi connectivity index (χ4v) is 3.20. The number of aromatic nitrogens is 4. The lowest BCUT2D eigenvalue weighted by Gasteiger charge is -2.28. The van der Waals surface area contributed by atoms with Gasteiger partial charge < -0.3 is 10.2 Å². The molecule has 0 radical (unpaired) electrons. The minimum absolute atomic E-state index is 0.000771. The zero-order valence-electron chi connectivity index (χ0n) is 13.5. The molecule has 7 heteroatoms. The van der Waals surface area contributed by atoms with Crippen LogP contribution in [0.15, 0.2) is 24.8 Å². The molecule has 1 aliphatic heterocycles. The maximum absolute atomic E-state index is 12.6. The second-order valence-electron chi connectivity index (χ2n) is 6.34. The number of hydrogen-bond donors (Lipinski definition) is 1. The summed E-state index contributed by atoms with van der Waals surface area (Å²) in [5.41, 5.74) is 2.79. The average molecular weight is 324 g/mol.